The van der Waals surface area contributed by atoms with Gasteiger partial charge < -0.3 is 15.0 Å². The van der Waals surface area contributed by atoms with Crippen LogP contribution in [-0.4, -0.2) is 64.9 Å². The summed E-state index contributed by atoms with van der Waals surface area (Å²) in [6, 6.07) is 0. The maximum atomic E-state index is 12.2. The molecule has 2 heterocycles. The number of hydrogen-bond donors (Lipinski definition) is 2. The Bertz CT molecular complexity index is 588. The van der Waals surface area contributed by atoms with Crippen LogP contribution in [0.2, 0.25) is 0 Å². The first-order chi connectivity index (χ1) is 10.7. The second-order valence-electron chi connectivity index (χ2n) is 6.92. The van der Waals surface area contributed by atoms with Crippen molar-refractivity contribution < 1.29 is 14.3 Å². The molecule has 0 spiro atoms. The number of ether oxygens (including phenoxy) is 1. The number of nitrogens with one attached hydrogen (secondary N) is 2. The molecule has 23 heavy (non-hydrogen) atoms. The van der Waals surface area contributed by atoms with Gasteiger partial charge in [-0.15, -0.1) is 0 Å². The Morgan fingerprint density at radius 3 is 2.70 bits per heavy atom. The number of amides is 2. The SMILES string of the molecule is CN(C)CNC(=O)c1n[nH]c2c1CN(C(=O)OC(C)(C)C)CC2. The number of aromatic amines is 1. The number of fused-ring (bicyclic) bond motifs is 1. The molecule has 0 saturated heterocycles. The van der Waals surface area contributed by atoms with E-state index in [-0.39, 0.29) is 12.0 Å². The van der Waals surface area contributed by atoms with E-state index >= 15 is 0 Å². The third kappa shape index (κ3) is 4.44. The van der Waals surface area contributed by atoms with E-state index in [1.807, 2.05) is 39.8 Å². The molecule has 2 rings (SSSR count). The van der Waals surface area contributed by atoms with E-state index in [1.165, 1.54) is 0 Å². The fraction of sp³-hybridized carbons (Fsp3) is 0.667. The first-order valence-electron chi connectivity index (χ1n) is 7.64. The van der Waals surface area contributed by atoms with Crippen molar-refractivity contribution in [2.45, 2.75) is 39.3 Å². The van der Waals surface area contributed by atoms with Crippen LogP contribution in [0.5, 0.6) is 0 Å². The topological polar surface area (TPSA) is 90.6 Å². The lowest BCUT2D eigenvalue weighted by Crippen LogP contribution is -2.40. The number of nitrogens with zero attached hydrogens (tertiary/aromatic N) is 3. The lowest BCUT2D eigenvalue weighted by Gasteiger charge is -2.30. The summed E-state index contributed by atoms with van der Waals surface area (Å²) in [6.45, 7) is 6.79. The summed E-state index contributed by atoms with van der Waals surface area (Å²) in [7, 11) is 3.73. The Morgan fingerprint density at radius 1 is 1.39 bits per heavy atom. The summed E-state index contributed by atoms with van der Waals surface area (Å²) in [6.07, 6.45) is 0.256. The van der Waals surface area contributed by atoms with Crippen molar-refractivity contribution in [3.05, 3.63) is 17.0 Å². The minimum atomic E-state index is -0.542. The van der Waals surface area contributed by atoms with Crippen LogP contribution in [0, 0.1) is 0 Å². The summed E-state index contributed by atoms with van der Waals surface area (Å²) in [5.74, 6) is -0.248. The van der Waals surface area contributed by atoms with Crippen molar-refractivity contribution in [3.63, 3.8) is 0 Å². The molecule has 0 bridgehead atoms. The van der Waals surface area contributed by atoms with Gasteiger partial charge in [-0.05, 0) is 34.9 Å². The zero-order valence-corrected chi connectivity index (χ0v) is 14.4. The van der Waals surface area contributed by atoms with Crippen LogP contribution < -0.4 is 5.32 Å². The molecule has 128 valence electrons. The van der Waals surface area contributed by atoms with Crippen LogP contribution in [0.15, 0.2) is 0 Å². The number of rotatable bonds is 3. The molecule has 8 heteroatoms. The maximum Gasteiger partial charge on any atom is 0.410 e. The molecule has 1 aromatic heterocycles. The zero-order valence-electron chi connectivity index (χ0n) is 14.4. The number of hydrogen-bond acceptors (Lipinski definition) is 5. The van der Waals surface area contributed by atoms with Crippen LogP contribution in [0.4, 0.5) is 4.79 Å². The van der Waals surface area contributed by atoms with Crippen molar-refractivity contribution in [1.29, 1.82) is 0 Å². The van der Waals surface area contributed by atoms with E-state index in [0.29, 0.717) is 31.9 Å². The maximum absolute atomic E-state index is 12.2. The number of carbonyl (C=O) groups is 2. The summed E-state index contributed by atoms with van der Waals surface area (Å²) in [5.41, 5.74) is 1.47. The van der Waals surface area contributed by atoms with E-state index in [9.17, 15) is 9.59 Å². The monoisotopic (exact) mass is 323 g/mol. The highest BCUT2D eigenvalue weighted by molar-refractivity contribution is 5.94. The Labute approximate surface area is 136 Å². The third-order valence-corrected chi connectivity index (χ3v) is 3.36. The molecular weight excluding hydrogens is 298 g/mol. The van der Waals surface area contributed by atoms with Gasteiger partial charge in [0.25, 0.3) is 5.91 Å². The highest BCUT2D eigenvalue weighted by atomic mass is 16.6. The lowest BCUT2D eigenvalue weighted by molar-refractivity contribution is 0.0222. The van der Waals surface area contributed by atoms with Gasteiger partial charge in [0.2, 0.25) is 0 Å². The van der Waals surface area contributed by atoms with Gasteiger partial charge >= 0.3 is 6.09 Å². The van der Waals surface area contributed by atoms with Gasteiger partial charge in [0.15, 0.2) is 5.69 Å². The lowest BCUT2D eigenvalue weighted by atomic mass is 10.1. The van der Waals surface area contributed by atoms with Gasteiger partial charge in [0.05, 0.1) is 13.2 Å². The van der Waals surface area contributed by atoms with Gasteiger partial charge in [0.1, 0.15) is 5.60 Å². The van der Waals surface area contributed by atoms with Gasteiger partial charge in [-0.25, -0.2) is 4.79 Å². The largest absolute Gasteiger partial charge is 0.444 e. The molecule has 0 radical (unpaired) electrons. The molecular formula is C15H25N5O3. The Balaban J connectivity index is 2.09. The summed E-state index contributed by atoms with van der Waals surface area (Å²) in [4.78, 5) is 27.9. The smallest absolute Gasteiger partial charge is 0.410 e. The molecule has 0 aromatic carbocycles. The highest BCUT2D eigenvalue weighted by Gasteiger charge is 2.30. The van der Waals surface area contributed by atoms with E-state index in [0.717, 1.165) is 11.3 Å². The van der Waals surface area contributed by atoms with Crippen LogP contribution in [0.25, 0.3) is 0 Å². The molecule has 2 amide bonds. The first-order valence-corrected chi connectivity index (χ1v) is 7.64. The van der Waals surface area contributed by atoms with Gasteiger partial charge in [-0.1, -0.05) is 0 Å². The second kappa shape index (κ2) is 6.57. The molecule has 1 aromatic rings. The zero-order chi connectivity index (χ0) is 17.2. The molecule has 0 aliphatic carbocycles. The molecule has 2 N–H and O–H groups in total. The minimum absolute atomic E-state index is 0.248. The Hall–Kier alpha value is -2.09. The second-order valence-corrected chi connectivity index (χ2v) is 6.92. The predicted molar refractivity (Wildman–Crippen MR) is 85.0 cm³/mol. The van der Waals surface area contributed by atoms with Crippen molar-refractivity contribution >= 4 is 12.0 Å². The molecule has 0 fully saturated rings. The van der Waals surface area contributed by atoms with Crippen molar-refractivity contribution in [2.24, 2.45) is 0 Å². The number of carbonyl (C=O) groups excluding carboxylic acids is 2. The number of aromatic nitrogens is 2. The van der Waals surface area contributed by atoms with E-state index in [4.69, 9.17) is 4.74 Å². The highest BCUT2D eigenvalue weighted by Crippen LogP contribution is 2.22. The molecule has 0 atom stereocenters. The average molecular weight is 323 g/mol. The quantitative estimate of drug-likeness (QED) is 0.808. The summed E-state index contributed by atoms with van der Waals surface area (Å²) >= 11 is 0. The molecule has 0 unspecified atom stereocenters. The minimum Gasteiger partial charge on any atom is -0.444 e. The van der Waals surface area contributed by atoms with Crippen LogP contribution in [0.1, 0.15) is 42.5 Å². The first kappa shape index (κ1) is 17.3. The summed E-state index contributed by atoms with van der Waals surface area (Å²) < 4.78 is 5.40. The van der Waals surface area contributed by atoms with Gasteiger partial charge in [-0.2, -0.15) is 5.10 Å². The Kier molecular flexibility index (Phi) is 4.93. The van der Waals surface area contributed by atoms with Crippen molar-refractivity contribution in [2.75, 3.05) is 27.3 Å². The van der Waals surface area contributed by atoms with Gasteiger partial charge in [-0.3, -0.25) is 14.8 Å². The molecule has 8 nitrogen and oxygen atoms in total. The van der Waals surface area contributed by atoms with Crippen LogP contribution >= 0.6 is 0 Å². The summed E-state index contributed by atoms with van der Waals surface area (Å²) in [5, 5.41) is 9.80. The molecule has 1 aliphatic heterocycles. The molecule has 1 aliphatic rings. The van der Waals surface area contributed by atoms with Crippen molar-refractivity contribution in [1.82, 2.24) is 25.3 Å². The van der Waals surface area contributed by atoms with Crippen LogP contribution in [-0.2, 0) is 17.7 Å². The third-order valence-electron chi connectivity index (χ3n) is 3.36. The molecule has 0 saturated carbocycles. The van der Waals surface area contributed by atoms with E-state index in [1.54, 1.807) is 4.90 Å². The fourth-order valence-electron chi connectivity index (χ4n) is 2.28. The standard InChI is InChI=1S/C15H25N5O3/c1-15(2,3)23-14(22)20-7-6-11-10(8-20)12(18-17-11)13(21)16-9-19(4)5/h6-9H2,1-5H3,(H,16,21)(H,17,18). The van der Waals surface area contributed by atoms with E-state index < -0.39 is 5.60 Å². The average Bonchev–Trinajstić information content (AvgIpc) is 2.85. The van der Waals surface area contributed by atoms with E-state index in [2.05, 4.69) is 15.5 Å². The van der Waals surface area contributed by atoms with Crippen LogP contribution in [0.3, 0.4) is 0 Å². The number of H-pyrrole nitrogens is 1. The Morgan fingerprint density at radius 2 is 2.09 bits per heavy atom. The predicted octanol–water partition coefficient (Wildman–Crippen LogP) is 0.952. The van der Waals surface area contributed by atoms with Crippen molar-refractivity contribution in [3.8, 4) is 0 Å². The fourth-order valence-corrected chi connectivity index (χ4v) is 2.28. The normalized spacial score (nSPS) is 14.6. The van der Waals surface area contributed by atoms with Gasteiger partial charge in [0, 0.05) is 24.2 Å².